The van der Waals surface area contributed by atoms with Crippen LogP contribution in [-0.4, -0.2) is 35.6 Å². The molecule has 2 aromatic rings. The van der Waals surface area contributed by atoms with Crippen molar-refractivity contribution in [2.45, 2.75) is 25.8 Å². The fourth-order valence-electron chi connectivity index (χ4n) is 2.64. The summed E-state index contributed by atoms with van der Waals surface area (Å²) < 4.78 is 5.97. The monoisotopic (exact) mass is 300 g/mol. The lowest BCUT2D eigenvalue weighted by Gasteiger charge is -2.07. The topological polar surface area (TPSA) is 25.1 Å². The van der Waals surface area contributed by atoms with Crippen molar-refractivity contribution in [3.63, 3.8) is 0 Å². The molecule has 21 heavy (non-hydrogen) atoms. The van der Waals surface area contributed by atoms with Gasteiger partial charge in [0.25, 0.3) is 0 Å². The second-order valence-corrected chi connectivity index (χ2v) is 7.04. The van der Waals surface area contributed by atoms with Crippen LogP contribution < -0.4 is 4.74 Å². The molecule has 1 saturated carbocycles. The average Bonchev–Trinajstić information content (AvgIpc) is 3.41. The van der Waals surface area contributed by atoms with E-state index >= 15 is 0 Å². The van der Waals surface area contributed by atoms with Crippen LogP contribution in [-0.2, 0) is 0 Å². The minimum absolute atomic E-state index is 0.636. The lowest BCUT2D eigenvalue weighted by atomic mass is 10.2. The minimum atomic E-state index is 0.636. The highest BCUT2D eigenvalue weighted by Gasteiger charge is 2.38. The van der Waals surface area contributed by atoms with Crippen LogP contribution in [0.15, 0.2) is 29.6 Å². The molecule has 0 N–H and O–H groups in total. The Morgan fingerprint density at radius 1 is 1.38 bits per heavy atom. The molecule has 0 radical (unpaired) electrons. The molecule has 1 aliphatic heterocycles. The van der Waals surface area contributed by atoms with Crippen molar-refractivity contribution in [1.82, 2.24) is 9.88 Å². The van der Waals surface area contributed by atoms with Crippen molar-refractivity contribution in [3.8, 4) is 16.3 Å². The van der Waals surface area contributed by atoms with E-state index in [0.29, 0.717) is 6.04 Å². The third-order valence-corrected chi connectivity index (χ3v) is 5.17. The van der Waals surface area contributed by atoms with Gasteiger partial charge in [0.05, 0.1) is 6.04 Å². The van der Waals surface area contributed by atoms with E-state index in [1.54, 1.807) is 11.3 Å². The number of aromatic nitrogens is 1. The zero-order valence-electron chi connectivity index (χ0n) is 12.3. The van der Waals surface area contributed by atoms with E-state index in [4.69, 9.17) is 4.74 Å². The smallest absolute Gasteiger partial charge is 0.123 e. The Morgan fingerprint density at radius 3 is 3.05 bits per heavy atom. The highest BCUT2D eigenvalue weighted by Crippen LogP contribution is 2.34. The Hall–Kier alpha value is -1.39. The maximum Gasteiger partial charge on any atom is 0.123 e. The summed E-state index contributed by atoms with van der Waals surface area (Å²) in [5.41, 5.74) is 2.23. The first-order valence-electron chi connectivity index (χ1n) is 7.67. The van der Waals surface area contributed by atoms with Gasteiger partial charge >= 0.3 is 0 Å². The predicted octanol–water partition coefficient (Wildman–Crippen LogP) is 3.59. The summed E-state index contributed by atoms with van der Waals surface area (Å²) in [5.74, 6) is 1.94. The highest BCUT2D eigenvalue weighted by molar-refractivity contribution is 7.13. The first-order chi connectivity index (χ1) is 10.3. The van der Waals surface area contributed by atoms with Crippen LogP contribution in [0.2, 0.25) is 0 Å². The largest absolute Gasteiger partial charge is 0.492 e. The van der Waals surface area contributed by atoms with Crippen molar-refractivity contribution in [3.05, 3.63) is 35.3 Å². The van der Waals surface area contributed by atoms with Gasteiger partial charge in [0.15, 0.2) is 0 Å². The number of rotatable bonds is 6. The van der Waals surface area contributed by atoms with Gasteiger partial charge in [-0.2, -0.15) is 0 Å². The minimum Gasteiger partial charge on any atom is -0.492 e. The van der Waals surface area contributed by atoms with Gasteiger partial charge in [-0.1, -0.05) is 12.1 Å². The number of hydrogen-bond acceptors (Lipinski definition) is 4. The molecule has 1 aliphatic carbocycles. The van der Waals surface area contributed by atoms with E-state index in [-0.39, 0.29) is 0 Å². The van der Waals surface area contributed by atoms with Crippen LogP contribution in [0.25, 0.3) is 10.6 Å². The normalized spacial score (nSPS) is 24.0. The molecule has 2 atom stereocenters. The highest BCUT2D eigenvalue weighted by atomic mass is 32.1. The lowest BCUT2D eigenvalue weighted by Crippen LogP contribution is -2.12. The van der Waals surface area contributed by atoms with E-state index in [1.807, 2.05) is 13.0 Å². The molecule has 1 saturated heterocycles. The fraction of sp³-hybridized carbons (Fsp3) is 0.471. The Kier molecular flexibility index (Phi) is 3.43. The molecule has 2 fully saturated rings. The summed E-state index contributed by atoms with van der Waals surface area (Å²) in [6, 6.07) is 8.93. The molecule has 3 nitrogen and oxygen atoms in total. The summed E-state index contributed by atoms with van der Waals surface area (Å²) in [6.07, 6.45) is 2.86. The molecular formula is C17H20N2OS. The summed E-state index contributed by atoms with van der Waals surface area (Å²) >= 11 is 1.69. The van der Waals surface area contributed by atoms with Crippen molar-refractivity contribution in [1.29, 1.82) is 0 Å². The average molecular weight is 300 g/mol. The molecule has 4 rings (SSSR count). The molecule has 1 aromatic heterocycles. The number of aryl methyl sites for hydroxylation is 1. The van der Waals surface area contributed by atoms with E-state index in [9.17, 15) is 0 Å². The van der Waals surface area contributed by atoms with E-state index in [1.165, 1.54) is 25.9 Å². The summed E-state index contributed by atoms with van der Waals surface area (Å²) in [5, 5.41) is 3.16. The van der Waals surface area contributed by atoms with Crippen LogP contribution >= 0.6 is 11.3 Å². The van der Waals surface area contributed by atoms with E-state index < -0.39 is 0 Å². The zero-order valence-corrected chi connectivity index (χ0v) is 13.1. The van der Waals surface area contributed by atoms with Gasteiger partial charge in [0.2, 0.25) is 0 Å². The van der Waals surface area contributed by atoms with Crippen LogP contribution in [0.5, 0.6) is 5.75 Å². The first kappa shape index (κ1) is 13.3. The second kappa shape index (κ2) is 5.43. The van der Waals surface area contributed by atoms with Crippen molar-refractivity contribution >= 4 is 11.3 Å². The summed E-state index contributed by atoms with van der Waals surface area (Å²) in [6.45, 7) is 5.34. The standard InChI is InChI=1S/C17H20N2OS/c1-12-11-21-17(18-12)14-3-2-4-16(7-14)20-10-15-9-19(15)8-13-5-6-13/h2-4,7,11,13,15H,5-6,8-10H2,1H3. The SMILES string of the molecule is Cc1csc(-c2cccc(OCC3CN3CC3CC3)c2)n1. The molecular weight excluding hydrogens is 280 g/mol. The Morgan fingerprint density at radius 2 is 2.29 bits per heavy atom. The molecule has 110 valence electrons. The zero-order chi connectivity index (χ0) is 14.2. The van der Waals surface area contributed by atoms with Crippen LogP contribution in [0.1, 0.15) is 18.5 Å². The Balaban J connectivity index is 1.35. The number of benzene rings is 1. The van der Waals surface area contributed by atoms with Gasteiger partial charge in [-0.05, 0) is 37.8 Å². The van der Waals surface area contributed by atoms with E-state index in [0.717, 1.165) is 34.5 Å². The number of ether oxygens (including phenoxy) is 1. The first-order valence-corrected chi connectivity index (χ1v) is 8.55. The Labute approximate surface area is 129 Å². The molecule has 2 aliphatic rings. The molecule has 2 heterocycles. The Bertz CT molecular complexity index is 635. The van der Waals surface area contributed by atoms with Crippen molar-refractivity contribution in [2.75, 3.05) is 19.7 Å². The summed E-state index contributed by atoms with van der Waals surface area (Å²) in [7, 11) is 0. The van der Waals surface area contributed by atoms with Gasteiger partial charge in [0, 0.05) is 29.7 Å². The van der Waals surface area contributed by atoms with E-state index in [2.05, 4.69) is 33.5 Å². The third kappa shape index (κ3) is 3.27. The lowest BCUT2D eigenvalue weighted by molar-refractivity contribution is 0.292. The van der Waals surface area contributed by atoms with Crippen LogP contribution in [0.3, 0.4) is 0 Å². The van der Waals surface area contributed by atoms with Gasteiger partial charge in [-0.3, -0.25) is 4.90 Å². The molecule has 2 unspecified atom stereocenters. The second-order valence-electron chi connectivity index (χ2n) is 6.18. The van der Waals surface area contributed by atoms with Gasteiger partial charge in [-0.25, -0.2) is 4.98 Å². The molecule has 0 bridgehead atoms. The maximum absolute atomic E-state index is 5.97. The molecule has 0 spiro atoms. The maximum atomic E-state index is 5.97. The van der Waals surface area contributed by atoms with Gasteiger partial charge in [0.1, 0.15) is 17.4 Å². The number of thiazole rings is 1. The fourth-order valence-corrected chi connectivity index (χ4v) is 3.43. The molecule has 1 aromatic carbocycles. The van der Waals surface area contributed by atoms with Crippen molar-refractivity contribution in [2.24, 2.45) is 5.92 Å². The molecule has 4 heteroatoms. The van der Waals surface area contributed by atoms with Gasteiger partial charge in [-0.15, -0.1) is 11.3 Å². The predicted molar refractivity (Wildman–Crippen MR) is 85.9 cm³/mol. The van der Waals surface area contributed by atoms with Crippen LogP contribution in [0, 0.1) is 12.8 Å². The number of nitrogens with zero attached hydrogens (tertiary/aromatic N) is 2. The van der Waals surface area contributed by atoms with Crippen molar-refractivity contribution < 1.29 is 4.74 Å². The van der Waals surface area contributed by atoms with Gasteiger partial charge < -0.3 is 4.74 Å². The number of hydrogen-bond donors (Lipinski definition) is 0. The summed E-state index contributed by atoms with van der Waals surface area (Å²) in [4.78, 5) is 7.07. The molecule has 0 amide bonds. The quantitative estimate of drug-likeness (QED) is 0.762. The third-order valence-electron chi connectivity index (χ3n) is 4.16. The van der Waals surface area contributed by atoms with Crippen LogP contribution in [0.4, 0.5) is 0 Å².